The fourth-order valence-electron chi connectivity index (χ4n) is 8.07. The van der Waals surface area contributed by atoms with Gasteiger partial charge in [0.25, 0.3) is 15.7 Å². The number of aromatic hydroxyl groups is 1. The molecule has 0 saturated heterocycles. The highest BCUT2D eigenvalue weighted by Crippen LogP contribution is 2.62. The van der Waals surface area contributed by atoms with Crippen molar-refractivity contribution in [2.45, 2.75) is 80.0 Å². The Balaban J connectivity index is 1.38. The van der Waals surface area contributed by atoms with Crippen LogP contribution in [0, 0.1) is 17.8 Å². The first-order valence-electron chi connectivity index (χ1n) is 13.2. The van der Waals surface area contributed by atoms with Crippen LogP contribution in [-0.2, 0) is 28.1 Å². The van der Waals surface area contributed by atoms with Gasteiger partial charge in [-0.05, 0) is 117 Å². The summed E-state index contributed by atoms with van der Waals surface area (Å²) in [4.78, 5) is 12.6. The molecule has 2 N–H and O–H groups in total. The van der Waals surface area contributed by atoms with E-state index in [1.165, 1.54) is 19.3 Å². The van der Waals surface area contributed by atoms with Crippen LogP contribution in [-0.4, -0.2) is 24.9 Å². The Kier molecular flexibility index (Phi) is 6.07. The normalized spacial score (nSPS) is 28.3. The monoisotopic (exact) mass is 567 g/mol. The summed E-state index contributed by atoms with van der Waals surface area (Å²) in [5.74, 6) is 1.36. The number of carbonyl (C=O) groups is 1. The van der Waals surface area contributed by atoms with Crippen molar-refractivity contribution in [2.75, 3.05) is 5.32 Å². The largest absolute Gasteiger partial charge is 0.507 e. The number of sulfone groups is 1. The molecular formula is C28H29ClF3NO4S. The first-order valence-corrected chi connectivity index (χ1v) is 15.0. The minimum absolute atomic E-state index is 0.00232. The molecule has 10 heteroatoms. The third-order valence-corrected chi connectivity index (χ3v) is 11.1. The Hall–Kier alpha value is -2.26. The second-order valence-electron chi connectivity index (χ2n) is 11.7. The number of amides is 1. The molecule has 2 aromatic carbocycles. The third-order valence-electron chi connectivity index (χ3n) is 9.26. The maximum Gasteiger partial charge on any atom is 0.501 e. The lowest BCUT2D eigenvalue weighted by Gasteiger charge is -2.57. The van der Waals surface area contributed by atoms with Crippen molar-refractivity contribution in [3.8, 4) is 5.75 Å². The zero-order valence-electron chi connectivity index (χ0n) is 20.7. The van der Waals surface area contributed by atoms with Crippen molar-refractivity contribution < 1.29 is 31.5 Å². The number of carbonyl (C=O) groups excluding carboxylic acids is 1. The van der Waals surface area contributed by atoms with Gasteiger partial charge in [-0.25, -0.2) is 8.42 Å². The second-order valence-corrected chi connectivity index (χ2v) is 14.1. The number of fused-ring (bicyclic) bond motifs is 1. The summed E-state index contributed by atoms with van der Waals surface area (Å²) in [6, 6.07) is 4.63. The fourth-order valence-corrected chi connectivity index (χ4v) is 9.15. The molecule has 0 heterocycles. The molecule has 2 aromatic rings. The van der Waals surface area contributed by atoms with E-state index in [4.69, 9.17) is 11.6 Å². The number of alkyl halides is 3. The van der Waals surface area contributed by atoms with E-state index in [0.29, 0.717) is 30.2 Å². The van der Waals surface area contributed by atoms with E-state index in [1.807, 2.05) is 0 Å². The topological polar surface area (TPSA) is 83.5 Å². The number of nitrogens with one attached hydrogen (secondary N) is 1. The summed E-state index contributed by atoms with van der Waals surface area (Å²) < 4.78 is 62.4. The van der Waals surface area contributed by atoms with Gasteiger partial charge in [-0.2, -0.15) is 13.2 Å². The molecule has 0 aliphatic heterocycles. The van der Waals surface area contributed by atoms with Crippen LogP contribution in [0.3, 0.4) is 0 Å². The van der Waals surface area contributed by atoms with Crippen LogP contribution in [0.1, 0.15) is 78.4 Å². The number of benzene rings is 2. The van der Waals surface area contributed by atoms with Gasteiger partial charge in [-0.1, -0.05) is 17.7 Å². The molecule has 0 unspecified atom stereocenters. The summed E-state index contributed by atoms with van der Waals surface area (Å²) in [5, 5.41) is 14.0. The van der Waals surface area contributed by atoms with Crippen molar-refractivity contribution in [2.24, 2.45) is 17.8 Å². The van der Waals surface area contributed by atoms with Gasteiger partial charge < -0.3 is 10.4 Å². The highest BCUT2D eigenvalue weighted by atomic mass is 35.5. The minimum Gasteiger partial charge on any atom is -0.507 e. The predicted molar refractivity (Wildman–Crippen MR) is 137 cm³/mol. The van der Waals surface area contributed by atoms with Crippen molar-refractivity contribution in [3.63, 3.8) is 0 Å². The summed E-state index contributed by atoms with van der Waals surface area (Å²) in [6.07, 6.45) is 10.1. The van der Waals surface area contributed by atoms with E-state index in [-0.39, 0.29) is 27.4 Å². The van der Waals surface area contributed by atoms with Gasteiger partial charge in [0.05, 0.1) is 21.2 Å². The average molecular weight is 568 g/mol. The SMILES string of the molecule is O=C(Nc1ccc(S(=O)(=O)C(F)(F)F)cc1Cl)c1c(O)c(C23CC4CC(CC(C4)C2)C3)cc2c1CCCC2. The first kappa shape index (κ1) is 26.0. The van der Waals surface area contributed by atoms with E-state index in [2.05, 4.69) is 11.4 Å². The predicted octanol–water partition coefficient (Wildman–Crippen LogP) is 6.94. The first-order chi connectivity index (χ1) is 17.9. The van der Waals surface area contributed by atoms with Crippen LogP contribution >= 0.6 is 11.6 Å². The molecule has 7 rings (SSSR count). The van der Waals surface area contributed by atoms with Crippen LogP contribution in [0.5, 0.6) is 5.75 Å². The molecule has 0 spiro atoms. The van der Waals surface area contributed by atoms with Crippen LogP contribution in [0.25, 0.3) is 0 Å². The molecule has 5 aliphatic carbocycles. The van der Waals surface area contributed by atoms with Gasteiger partial charge in [0.2, 0.25) is 0 Å². The lowest BCUT2D eigenvalue weighted by Crippen LogP contribution is -2.48. The van der Waals surface area contributed by atoms with Gasteiger partial charge in [0, 0.05) is 5.56 Å². The number of halogens is 4. The summed E-state index contributed by atoms with van der Waals surface area (Å²) >= 11 is 6.13. The van der Waals surface area contributed by atoms with Gasteiger partial charge in [0.15, 0.2) is 0 Å². The maximum absolute atomic E-state index is 13.7. The van der Waals surface area contributed by atoms with E-state index >= 15 is 0 Å². The molecule has 5 nitrogen and oxygen atoms in total. The molecule has 4 fully saturated rings. The zero-order chi connectivity index (χ0) is 27.0. The highest BCUT2D eigenvalue weighted by Gasteiger charge is 2.53. The van der Waals surface area contributed by atoms with E-state index in [9.17, 15) is 31.5 Å². The minimum atomic E-state index is -5.58. The number of aryl methyl sites for hydroxylation is 1. The lowest BCUT2D eigenvalue weighted by molar-refractivity contribution is -0.0436. The molecular weight excluding hydrogens is 539 g/mol. The number of hydrogen-bond donors (Lipinski definition) is 2. The van der Waals surface area contributed by atoms with Crippen LogP contribution in [0.2, 0.25) is 5.02 Å². The standard InChI is InChI=1S/C28H29ClF3NO4S/c29-22-11-19(38(36,37)28(30,31)32)5-6-23(22)33-26(35)24-20-4-2-1-3-18(20)10-21(25(24)34)27-12-15-7-16(13-27)9-17(8-15)14-27/h5-6,10-11,15-17,34H,1-4,7-9,12-14H2,(H,33,35). The van der Waals surface area contributed by atoms with Crippen molar-refractivity contribution in [3.05, 3.63) is 51.5 Å². The van der Waals surface area contributed by atoms with E-state index in [0.717, 1.165) is 67.3 Å². The molecule has 4 bridgehead atoms. The molecule has 204 valence electrons. The molecule has 38 heavy (non-hydrogen) atoms. The Morgan fingerprint density at radius 1 is 1.00 bits per heavy atom. The smallest absolute Gasteiger partial charge is 0.501 e. The van der Waals surface area contributed by atoms with E-state index < -0.39 is 26.1 Å². The highest BCUT2D eigenvalue weighted by molar-refractivity contribution is 7.92. The fraction of sp³-hybridized carbons (Fsp3) is 0.536. The number of rotatable bonds is 4. The Labute approximate surface area is 224 Å². The summed E-state index contributed by atoms with van der Waals surface area (Å²) in [7, 11) is -5.58. The van der Waals surface area contributed by atoms with Crippen molar-refractivity contribution in [1.82, 2.24) is 0 Å². The molecule has 1 amide bonds. The number of anilines is 1. The number of phenolic OH excluding ortho intramolecular Hbond substituents is 1. The molecule has 4 saturated carbocycles. The van der Waals surface area contributed by atoms with Crippen LogP contribution < -0.4 is 5.32 Å². The Bertz CT molecular complexity index is 1400. The van der Waals surface area contributed by atoms with Crippen molar-refractivity contribution in [1.29, 1.82) is 0 Å². The zero-order valence-corrected chi connectivity index (χ0v) is 22.3. The molecule has 0 aromatic heterocycles. The van der Waals surface area contributed by atoms with Gasteiger partial charge in [0.1, 0.15) is 5.75 Å². The van der Waals surface area contributed by atoms with Gasteiger partial charge >= 0.3 is 5.51 Å². The number of phenols is 1. The molecule has 0 atom stereocenters. The van der Waals surface area contributed by atoms with Crippen LogP contribution in [0.15, 0.2) is 29.2 Å². The van der Waals surface area contributed by atoms with Crippen LogP contribution in [0.4, 0.5) is 18.9 Å². The molecule has 0 radical (unpaired) electrons. The summed E-state index contributed by atoms with van der Waals surface area (Å²) in [5.41, 5.74) is -2.69. The Morgan fingerprint density at radius 3 is 2.18 bits per heavy atom. The Morgan fingerprint density at radius 2 is 1.61 bits per heavy atom. The quantitative estimate of drug-likeness (QED) is 0.419. The van der Waals surface area contributed by atoms with Gasteiger partial charge in [-0.15, -0.1) is 0 Å². The lowest BCUT2D eigenvalue weighted by atomic mass is 9.47. The summed E-state index contributed by atoms with van der Waals surface area (Å²) in [6.45, 7) is 0. The second kappa shape index (κ2) is 8.88. The average Bonchev–Trinajstić information content (AvgIpc) is 2.83. The molecule has 5 aliphatic rings. The third kappa shape index (κ3) is 4.12. The van der Waals surface area contributed by atoms with E-state index in [1.54, 1.807) is 0 Å². The van der Waals surface area contributed by atoms with Gasteiger partial charge in [-0.3, -0.25) is 4.79 Å². The number of hydrogen-bond acceptors (Lipinski definition) is 4. The van der Waals surface area contributed by atoms with Crippen molar-refractivity contribution >= 4 is 33.0 Å². The maximum atomic E-state index is 13.7.